The molecule has 6 heteroatoms. The Morgan fingerprint density at radius 2 is 2.26 bits per heavy atom. The Labute approximate surface area is 115 Å². The van der Waals surface area contributed by atoms with Crippen molar-refractivity contribution in [3.8, 4) is 11.5 Å². The van der Waals surface area contributed by atoms with E-state index in [1.54, 1.807) is 23.1 Å². The molecule has 2 aromatic rings. The fourth-order valence-corrected chi connectivity index (χ4v) is 1.87. The average molecular weight is 281 g/mol. The highest BCUT2D eigenvalue weighted by atomic mass is 35.5. The lowest BCUT2D eigenvalue weighted by molar-refractivity contribution is 0.0697. The van der Waals surface area contributed by atoms with Crippen molar-refractivity contribution in [3.05, 3.63) is 41.2 Å². The number of aromatic nitrogens is 2. The summed E-state index contributed by atoms with van der Waals surface area (Å²) >= 11 is 5.86. The van der Waals surface area contributed by atoms with E-state index >= 15 is 0 Å². The Balaban J connectivity index is 2.14. The number of halogens is 1. The highest BCUT2D eigenvalue weighted by Crippen LogP contribution is 2.26. The number of carbonyl (C=O) groups is 1. The van der Waals surface area contributed by atoms with Gasteiger partial charge in [-0.2, -0.15) is 5.10 Å². The van der Waals surface area contributed by atoms with Crippen LogP contribution in [0.15, 0.2) is 30.6 Å². The average Bonchev–Trinajstić information content (AvgIpc) is 2.76. The van der Waals surface area contributed by atoms with E-state index in [4.69, 9.17) is 21.4 Å². The van der Waals surface area contributed by atoms with E-state index in [0.29, 0.717) is 11.5 Å². The zero-order valence-electron chi connectivity index (χ0n) is 10.3. The summed E-state index contributed by atoms with van der Waals surface area (Å²) in [6, 6.07) is 4.45. The minimum absolute atomic E-state index is 0.0516. The summed E-state index contributed by atoms with van der Waals surface area (Å²) in [4.78, 5) is 10.8. The van der Waals surface area contributed by atoms with Crippen LogP contribution in [0.1, 0.15) is 23.7 Å². The summed E-state index contributed by atoms with van der Waals surface area (Å²) < 4.78 is 7.34. The van der Waals surface area contributed by atoms with Gasteiger partial charge in [-0.15, -0.1) is 0 Å². The number of hydrogen-bond acceptors (Lipinski definition) is 3. The van der Waals surface area contributed by atoms with Gasteiger partial charge in [0.05, 0.1) is 23.0 Å². The van der Waals surface area contributed by atoms with Gasteiger partial charge in [0.1, 0.15) is 5.75 Å². The van der Waals surface area contributed by atoms with Crippen molar-refractivity contribution in [2.75, 3.05) is 0 Å². The van der Waals surface area contributed by atoms with Gasteiger partial charge in [0.25, 0.3) is 0 Å². The summed E-state index contributed by atoms with van der Waals surface area (Å²) in [7, 11) is 0. The number of rotatable bonds is 5. The highest BCUT2D eigenvalue weighted by molar-refractivity contribution is 6.33. The molecule has 0 aliphatic heterocycles. The van der Waals surface area contributed by atoms with Crippen molar-refractivity contribution in [2.45, 2.75) is 19.9 Å². The van der Waals surface area contributed by atoms with Gasteiger partial charge in [-0.05, 0) is 18.6 Å². The Bertz CT molecular complexity index is 595. The van der Waals surface area contributed by atoms with E-state index in [1.165, 1.54) is 12.1 Å². The van der Waals surface area contributed by atoms with E-state index in [-0.39, 0.29) is 10.6 Å². The van der Waals surface area contributed by atoms with E-state index < -0.39 is 5.97 Å². The molecule has 0 saturated heterocycles. The summed E-state index contributed by atoms with van der Waals surface area (Å²) in [5.74, 6) is 0.00551. The molecular weight excluding hydrogens is 268 g/mol. The maximum Gasteiger partial charge on any atom is 0.337 e. The van der Waals surface area contributed by atoms with Crippen LogP contribution in [0.25, 0.3) is 0 Å². The van der Waals surface area contributed by atoms with Crippen LogP contribution in [0.4, 0.5) is 0 Å². The number of benzene rings is 1. The van der Waals surface area contributed by atoms with Gasteiger partial charge in [-0.1, -0.05) is 18.5 Å². The first kappa shape index (κ1) is 13.4. The third kappa shape index (κ3) is 3.26. The normalized spacial score (nSPS) is 10.4. The van der Waals surface area contributed by atoms with Crippen molar-refractivity contribution in [2.24, 2.45) is 0 Å². The SMILES string of the molecule is CCCn1cc(Oc2ccc(C(=O)O)c(Cl)c2)cn1. The van der Waals surface area contributed by atoms with Crippen LogP contribution < -0.4 is 4.74 Å². The molecule has 5 nitrogen and oxygen atoms in total. The summed E-state index contributed by atoms with van der Waals surface area (Å²) in [5, 5.41) is 13.1. The first-order valence-electron chi connectivity index (χ1n) is 5.83. The Morgan fingerprint density at radius 3 is 2.89 bits per heavy atom. The van der Waals surface area contributed by atoms with Gasteiger partial charge >= 0.3 is 5.97 Å². The van der Waals surface area contributed by atoms with Gasteiger partial charge in [-0.25, -0.2) is 4.79 Å². The zero-order chi connectivity index (χ0) is 13.8. The molecule has 0 amide bonds. The Hall–Kier alpha value is -2.01. The van der Waals surface area contributed by atoms with Gasteiger partial charge in [0, 0.05) is 12.6 Å². The van der Waals surface area contributed by atoms with Gasteiger partial charge in [-0.3, -0.25) is 4.68 Å². The maximum absolute atomic E-state index is 10.8. The van der Waals surface area contributed by atoms with Crippen LogP contribution >= 0.6 is 11.6 Å². The van der Waals surface area contributed by atoms with E-state index in [0.717, 1.165) is 13.0 Å². The number of aromatic carboxylic acids is 1. The minimum atomic E-state index is -1.06. The standard InChI is InChI=1S/C13H13ClN2O3/c1-2-5-16-8-10(7-15-16)19-9-3-4-11(13(17)18)12(14)6-9/h3-4,6-8H,2,5H2,1H3,(H,17,18). The fourth-order valence-electron chi connectivity index (χ4n) is 1.62. The number of carboxylic acid groups (broad SMARTS) is 1. The molecule has 0 aliphatic carbocycles. The number of nitrogens with zero attached hydrogens (tertiary/aromatic N) is 2. The third-order valence-electron chi connectivity index (χ3n) is 2.47. The minimum Gasteiger partial charge on any atom is -0.478 e. The number of ether oxygens (including phenoxy) is 1. The first-order chi connectivity index (χ1) is 9.10. The molecule has 1 N–H and O–H groups in total. The number of aryl methyl sites for hydroxylation is 1. The molecule has 0 fully saturated rings. The van der Waals surface area contributed by atoms with Crippen LogP contribution in [-0.2, 0) is 6.54 Å². The predicted molar refractivity (Wildman–Crippen MR) is 71.0 cm³/mol. The molecule has 19 heavy (non-hydrogen) atoms. The second kappa shape index (κ2) is 5.75. The molecular formula is C13H13ClN2O3. The molecule has 100 valence electrons. The van der Waals surface area contributed by atoms with E-state index in [9.17, 15) is 4.79 Å². The van der Waals surface area contributed by atoms with Gasteiger partial charge in [0.15, 0.2) is 5.75 Å². The monoisotopic (exact) mass is 280 g/mol. The van der Waals surface area contributed by atoms with Gasteiger partial charge in [0.2, 0.25) is 0 Å². The van der Waals surface area contributed by atoms with Crippen LogP contribution in [0.3, 0.4) is 0 Å². The number of hydrogen-bond donors (Lipinski definition) is 1. The quantitative estimate of drug-likeness (QED) is 0.911. The Morgan fingerprint density at radius 1 is 1.47 bits per heavy atom. The maximum atomic E-state index is 10.8. The summed E-state index contributed by atoms with van der Waals surface area (Å²) in [6.07, 6.45) is 4.37. The summed E-state index contributed by atoms with van der Waals surface area (Å²) in [5.41, 5.74) is 0.0516. The molecule has 0 saturated carbocycles. The first-order valence-corrected chi connectivity index (χ1v) is 6.21. The highest BCUT2D eigenvalue weighted by Gasteiger charge is 2.10. The van der Waals surface area contributed by atoms with Gasteiger partial charge < -0.3 is 9.84 Å². The van der Waals surface area contributed by atoms with E-state index in [1.807, 2.05) is 0 Å². The molecule has 0 bridgehead atoms. The van der Waals surface area contributed by atoms with Crippen molar-refractivity contribution in [3.63, 3.8) is 0 Å². The zero-order valence-corrected chi connectivity index (χ0v) is 11.1. The third-order valence-corrected chi connectivity index (χ3v) is 2.78. The van der Waals surface area contributed by atoms with Crippen LogP contribution in [-0.4, -0.2) is 20.9 Å². The van der Waals surface area contributed by atoms with Crippen molar-refractivity contribution < 1.29 is 14.6 Å². The molecule has 1 aromatic heterocycles. The molecule has 0 aliphatic rings. The summed E-state index contributed by atoms with van der Waals surface area (Å²) in [6.45, 7) is 2.88. The molecule has 1 aromatic carbocycles. The fraction of sp³-hybridized carbons (Fsp3) is 0.231. The van der Waals surface area contributed by atoms with Crippen LogP contribution in [0.2, 0.25) is 5.02 Å². The lowest BCUT2D eigenvalue weighted by Gasteiger charge is -2.04. The largest absolute Gasteiger partial charge is 0.478 e. The number of carboxylic acids is 1. The van der Waals surface area contributed by atoms with Crippen LogP contribution in [0.5, 0.6) is 11.5 Å². The topological polar surface area (TPSA) is 64.3 Å². The molecule has 0 spiro atoms. The second-order valence-corrected chi connectivity index (χ2v) is 4.40. The van der Waals surface area contributed by atoms with Crippen molar-refractivity contribution in [1.82, 2.24) is 9.78 Å². The van der Waals surface area contributed by atoms with Crippen LogP contribution in [0, 0.1) is 0 Å². The smallest absolute Gasteiger partial charge is 0.337 e. The molecule has 0 unspecified atom stereocenters. The molecule has 2 rings (SSSR count). The molecule has 1 heterocycles. The predicted octanol–water partition coefficient (Wildman–Crippen LogP) is 3.44. The van der Waals surface area contributed by atoms with E-state index in [2.05, 4.69) is 12.0 Å². The lowest BCUT2D eigenvalue weighted by Crippen LogP contribution is -1.97. The van der Waals surface area contributed by atoms with Crippen molar-refractivity contribution in [1.29, 1.82) is 0 Å². The molecule has 0 radical (unpaired) electrons. The molecule has 0 atom stereocenters. The second-order valence-electron chi connectivity index (χ2n) is 3.99. The van der Waals surface area contributed by atoms with Crippen molar-refractivity contribution >= 4 is 17.6 Å². The Kier molecular flexibility index (Phi) is 4.06. The lowest BCUT2D eigenvalue weighted by atomic mass is 10.2.